The second kappa shape index (κ2) is 9.11. The second-order valence-corrected chi connectivity index (χ2v) is 5.87. The Balaban J connectivity index is 2.77. The Bertz CT molecular complexity index is 569. The van der Waals surface area contributed by atoms with Crippen LogP contribution in [-0.4, -0.2) is 36.0 Å². The maximum Gasteiger partial charge on any atom is 0.329 e. The van der Waals surface area contributed by atoms with Crippen molar-refractivity contribution in [1.82, 2.24) is 5.32 Å². The monoisotopic (exact) mass is 320 g/mol. The molecule has 0 aliphatic rings. The average molecular weight is 320 g/mol. The van der Waals surface area contributed by atoms with E-state index in [0.29, 0.717) is 17.7 Å². The number of esters is 1. The number of thioether (sulfide) groups is 1. The van der Waals surface area contributed by atoms with Gasteiger partial charge in [-0.25, -0.2) is 4.79 Å². The molecule has 0 heterocycles. The minimum Gasteiger partial charge on any atom is -0.446 e. The quantitative estimate of drug-likeness (QED) is 0.780. The van der Waals surface area contributed by atoms with Gasteiger partial charge >= 0.3 is 5.97 Å². The highest BCUT2D eigenvalue weighted by Crippen LogP contribution is 2.08. The first-order valence-corrected chi connectivity index (χ1v) is 8.34. The van der Waals surface area contributed by atoms with E-state index in [2.05, 4.69) is 5.32 Å². The van der Waals surface area contributed by atoms with Gasteiger partial charge in [-0.3, -0.25) is 4.79 Å². The summed E-state index contributed by atoms with van der Waals surface area (Å²) in [6.45, 7) is 3.39. The topological polar surface area (TPSA) is 79.2 Å². The van der Waals surface area contributed by atoms with Gasteiger partial charge in [0.25, 0.3) is 5.91 Å². The number of carbonyl (C=O) groups is 2. The molecule has 1 aromatic carbocycles. The van der Waals surface area contributed by atoms with E-state index in [4.69, 9.17) is 10.00 Å². The molecule has 5 nitrogen and oxygen atoms in total. The molecule has 22 heavy (non-hydrogen) atoms. The van der Waals surface area contributed by atoms with Crippen LogP contribution in [0.3, 0.4) is 0 Å². The summed E-state index contributed by atoms with van der Waals surface area (Å²) in [4.78, 5) is 24.3. The van der Waals surface area contributed by atoms with Gasteiger partial charge in [0.05, 0.1) is 0 Å². The number of ether oxygens (including phenoxy) is 1. The van der Waals surface area contributed by atoms with E-state index in [-0.39, 0.29) is 5.91 Å². The molecule has 2 atom stereocenters. The SMILES string of the molecule is CSCC[C@H](NC(=O)c1cccc(C)c1)C(=O)O[C@H](C)C#N. The van der Waals surface area contributed by atoms with Crippen molar-refractivity contribution in [2.75, 3.05) is 12.0 Å². The highest BCUT2D eigenvalue weighted by atomic mass is 32.2. The molecule has 0 saturated heterocycles. The summed E-state index contributed by atoms with van der Waals surface area (Å²) in [6, 6.07) is 8.21. The molecule has 0 spiro atoms. The molecule has 1 amide bonds. The van der Waals surface area contributed by atoms with Crippen molar-refractivity contribution in [1.29, 1.82) is 5.26 Å². The summed E-state index contributed by atoms with van der Waals surface area (Å²) in [5, 5.41) is 11.4. The van der Waals surface area contributed by atoms with Crippen LogP contribution in [0.4, 0.5) is 0 Å². The summed E-state index contributed by atoms with van der Waals surface area (Å²) in [5.41, 5.74) is 1.46. The van der Waals surface area contributed by atoms with Crippen LogP contribution < -0.4 is 5.32 Å². The van der Waals surface area contributed by atoms with E-state index >= 15 is 0 Å². The van der Waals surface area contributed by atoms with Crippen molar-refractivity contribution in [3.63, 3.8) is 0 Å². The molecule has 0 bridgehead atoms. The molecule has 0 fully saturated rings. The fourth-order valence-corrected chi connectivity index (χ4v) is 2.27. The number of aryl methyl sites for hydroxylation is 1. The van der Waals surface area contributed by atoms with Crippen molar-refractivity contribution in [3.05, 3.63) is 35.4 Å². The van der Waals surface area contributed by atoms with E-state index in [0.717, 1.165) is 5.56 Å². The molecular weight excluding hydrogens is 300 g/mol. The normalized spacial score (nSPS) is 12.8. The maximum absolute atomic E-state index is 12.2. The predicted molar refractivity (Wildman–Crippen MR) is 86.6 cm³/mol. The lowest BCUT2D eigenvalue weighted by atomic mass is 10.1. The summed E-state index contributed by atoms with van der Waals surface area (Å²) < 4.78 is 5.00. The van der Waals surface area contributed by atoms with E-state index in [1.165, 1.54) is 6.92 Å². The molecule has 0 aromatic heterocycles. The Kier molecular flexibility index (Phi) is 7.47. The van der Waals surface area contributed by atoms with Crippen molar-refractivity contribution in [2.24, 2.45) is 0 Å². The van der Waals surface area contributed by atoms with Crippen LogP contribution >= 0.6 is 11.8 Å². The molecular formula is C16H20N2O3S. The van der Waals surface area contributed by atoms with Crippen LogP contribution in [0, 0.1) is 18.3 Å². The number of nitrogens with zero attached hydrogens (tertiary/aromatic N) is 1. The number of nitrogens with one attached hydrogen (secondary N) is 1. The molecule has 118 valence electrons. The summed E-state index contributed by atoms with van der Waals surface area (Å²) in [6.07, 6.45) is 1.54. The maximum atomic E-state index is 12.2. The molecule has 0 aliphatic carbocycles. The van der Waals surface area contributed by atoms with Gasteiger partial charge in [-0.15, -0.1) is 0 Å². The van der Waals surface area contributed by atoms with Crippen LogP contribution in [0.25, 0.3) is 0 Å². The fourth-order valence-electron chi connectivity index (χ4n) is 1.80. The standard InChI is InChI=1S/C16H20N2O3S/c1-11-5-4-6-13(9-11)15(19)18-14(7-8-22-3)16(20)21-12(2)10-17/h4-6,9,12,14H,7-8H2,1-3H3,(H,18,19)/t12-,14+/m1/s1. The van der Waals surface area contributed by atoms with Gasteiger partial charge < -0.3 is 10.1 Å². The third-order valence-corrected chi connectivity index (χ3v) is 3.60. The van der Waals surface area contributed by atoms with Gasteiger partial charge in [0.1, 0.15) is 12.1 Å². The predicted octanol–water partition coefficient (Wildman–Crippen LogP) is 2.30. The van der Waals surface area contributed by atoms with Crippen LogP contribution in [0.15, 0.2) is 24.3 Å². The zero-order valence-electron chi connectivity index (χ0n) is 13.0. The van der Waals surface area contributed by atoms with Gasteiger partial charge in [0, 0.05) is 5.56 Å². The largest absolute Gasteiger partial charge is 0.446 e. The summed E-state index contributed by atoms with van der Waals surface area (Å²) in [7, 11) is 0. The van der Waals surface area contributed by atoms with Gasteiger partial charge in [0.15, 0.2) is 6.10 Å². The molecule has 6 heteroatoms. The number of amides is 1. The van der Waals surface area contributed by atoms with Gasteiger partial charge in [0.2, 0.25) is 0 Å². The zero-order chi connectivity index (χ0) is 16.5. The van der Waals surface area contributed by atoms with Crippen LogP contribution in [0.5, 0.6) is 0 Å². The lowest BCUT2D eigenvalue weighted by Gasteiger charge is -2.18. The van der Waals surface area contributed by atoms with Gasteiger partial charge in [-0.05, 0) is 44.4 Å². The highest BCUT2D eigenvalue weighted by Gasteiger charge is 2.24. The number of carbonyl (C=O) groups excluding carboxylic acids is 2. The Morgan fingerprint density at radius 2 is 2.18 bits per heavy atom. The van der Waals surface area contributed by atoms with E-state index < -0.39 is 18.1 Å². The third-order valence-electron chi connectivity index (χ3n) is 2.96. The Labute approximate surface area is 135 Å². The molecule has 1 aromatic rings. The van der Waals surface area contributed by atoms with Gasteiger partial charge in [-0.1, -0.05) is 17.7 Å². The Hall–Kier alpha value is -2.00. The number of hydrogen-bond acceptors (Lipinski definition) is 5. The fraction of sp³-hybridized carbons (Fsp3) is 0.438. The highest BCUT2D eigenvalue weighted by molar-refractivity contribution is 7.98. The Morgan fingerprint density at radius 3 is 2.77 bits per heavy atom. The van der Waals surface area contributed by atoms with E-state index in [1.54, 1.807) is 30.0 Å². The minimum absolute atomic E-state index is 0.323. The van der Waals surface area contributed by atoms with Crippen molar-refractivity contribution < 1.29 is 14.3 Å². The lowest BCUT2D eigenvalue weighted by Crippen LogP contribution is -2.43. The first-order chi connectivity index (χ1) is 10.5. The summed E-state index contributed by atoms with van der Waals surface area (Å²) >= 11 is 1.57. The lowest BCUT2D eigenvalue weighted by molar-refractivity contribution is -0.148. The number of benzene rings is 1. The average Bonchev–Trinajstić information content (AvgIpc) is 2.50. The molecule has 0 saturated carbocycles. The number of nitriles is 1. The van der Waals surface area contributed by atoms with E-state index in [1.807, 2.05) is 25.3 Å². The Morgan fingerprint density at radius 1 is 1.45 bits per heavy atom. The smallest absolute Gasteiger partial charge is 0.329 e. The number of hydrogen-bond donors (Lipinski definition) is 1. The van der Waals surface area contributed by atoms with Crippen LogP contribution in [0.1, 0.15) is 29.3 Å². The number of rotatable bonds is 7. The van der Waals surface area contributed by atoms with Crippen LogP contribution in [-0.2, 0) is 9.53 Å². The molecule has 0 aliphatic heterocycles. The molecule has 0 unspecified atom stereocenters. The van der Waals surface area contributed by atoms with Crippen LogP contribution in [0.2, 0.25) is 0 Å². The minimum atomic E-state index is -0.833. The van der Waals surface area contributed by atoms with Crippen molar-refractivity contribution in [2.45, 2.75) is 32.4 Å². The molecule has 1 rings (SSSR count). The van der Waals surface area contributed by atoms with Crippen molar-refractivity contribution >= 4 is 23.6 Å². The first kappa shape index (κ1) is 18.1. The molecule has 0 radical (unpaired) electrons. The van der Waals surface area contributed by atoms with Crippen molar-refractivity contribution in [3.8, 4) is 6.07 Å². The first-order valence-electron chi connectivity index (χ1n) is 6.94. The third kappa shape index (κ3) is 5.78. The summed E-state index contributed by atoms with van der Waals surface area (Å²) in [5.74, 6) is -0.199. The second-order valence-electron chi connectivity index (χ2n) is 4.89. The van der Waals surface area contributed by atoms with Gasteiger partial charge in [-0.2, -0.15) is 17.0 Å². The van der Waals surface area contributed by atoms with E-state index in [9.17, 15) is 9.59 Å². The zero-order valence-corrected chi connectivity index (χ0v) is 13.8. The molecule has 1 N–H and O–H groups in total.